The molecule has 1 aromatic carbocycles. The van der Waals surface area contributed by atoms with E-state index in [-0.39, 0.29) is 0 Å². The van der Waals surface area contributed by atoms with Crippen LogP contribution in [0.5, 0.6) is 0 Å². The number of rotatable bonds is 11. The topological polar surface area (TPSA) is 50.9 Å². The minimum absolute atomic E-state index is 0.478. The summed E-state index contributed by atoms with van der Waals surface area (Å²) in [5, 5.41) is 4.87. The molecule has 2 rings (SSSR count). The first-order chi connectivity index (χ1) is 13.1. The van der Waals surface area contributed by atoms with Crippen LogP contribution in [0, 0.1) is 0 Å². The number of allylic oxidation sites excluding steroid dienone is 5. The average Bonchev–Trinajstić information content (AvgIpc) is 3.01. The summed E-state index contributed by atoms with van der Waals surface area (Å²) in [5.74, 6) is 2.08. The standard InChI is InChI=1S/C20H23Cl2N3S2/c1-2-3-14-26-17-10-8-16(9-11-17)24-20-25-19(23)18(27-20)12-7-15(22)6-4-5-13-21/h2,4-6,8-11H,1,3,7,12-14,23H2,(H,24,25)/b5-4-,15-6+. The number of hydrogen-bond acceptors (Lipinski definition) is 5. The number of nitrogen functional groups attached to an aromatic ring is 1. The number of aromatic nitrogens is 1. The fourth-order valence-corrected chi connectivity index (χ4v) is 4.17. The Labute approximate surface area is 179 Å². The summed E-state index contributed by atoms with van der Waals surface area (Å²) in [6, 6.07) is 8.31. The fourth-order valence-electron chi connectivity index (χ4n) is 2.15. The molecule has 7 heteroatoms. The molecular weight excluding hydrogens is 417 g/mol. The fraction of sp³-hybridized carbons (Fsp3) is 0.250. The van der Waals surface area contributed by atoms with Crippen LogP contribution < -0.4 is 11.1 Å². The molecule has 1 aromatic heterocycles. The zero-order valence-corrected chi connectivity index (χ0v) is 18.1. The molecule has 1 heterocycles. The molecule has 3 N–H and O–H groups in total. The number of nitrogens with two attached hydrogens (primary N) is 1. The van der Waals surface area contributed by atoms with E-state index in [0.717, 1.165) is 45.7 Å². The Balaban J connectivity index is 1.91. The molecule has 0 fully saturated rings. The SMILES string of the molecule is C=CCCSc1ccc(Nc2nc(N)c(CC/C(Cl)=C\C=C/CCl)s2)cc1. The van der Waals surface area contributed by atoms with Crippen molar-refractivity contribution in [2.75, 3.05) is 22.7 Å². The van der Waals surface area contributed by atoms with Crippen molar-refractivity contribution in [1.82, 2.24) is 4.98 Å². The van der Waals surface area contributed by atoms with Crippen molar-refractivity contribution in [3.8, 4) is 0 Å². The molecular formula is C20H23Cl2N3S2. The van der Waals surface area contributed by atoms with Gasteiger partial charge >= 0.3 is 0 Å². The van der Waals surface area contributed by atoms with Gasteiger partial charge in [0.1, 0.15) is 5.82 Å². The summed E-state index contributed by atoms with van der Waals surface area (Å²) < 4.78 is 0. The number of halogens is 2. The van der Waals surface area contributed by atoms with Crippen LogP contribution in [0.1, 0.15) is 17.7 Å². The van der Waals surface area contributed by atoms with E-state index in [0.29, 0.717) is 11.7 Å². The van der Waals surface area contributed by atoms with Crippen molar-refractivity contribution in [1.29, 1.82) is 0 Å². The van der Waals surface area contributed by atoms with Gasteiger partial charge in [0, 0.05) is 27.2 Å². The van der Waals surface area contributed by atoms with Gasteiger partial charge in [0.25, 0.3) is 0 Å². The average molecular weight is 440 g/mol. The van der Waals surface area contributed by atoms with E-state index in [2.05, 4.69) is 41.1 Å². The highest BCUT2D eigenvalue weighted by Gasteiger charge is 2.09. The van der Waals surface area contributed by atoms with Gasteiger partial charge in [0.2, 0.25) is 0 Å². The van der Waals surface area contributed by atoms with E-state index in [9.17, 15) is 0 Å². The third kappa shape index (κ3) is 8.01. The Bertz CT molecular complexity index is 783. The van der Waals surface area contributed by atoms with E-state index in [1.54, 1.807) is 11.3 Å². The van der Waals surface area contributed by atoms with Crippen LogP contribution in [-0.2, 0) is 6.42 Å². The summed E-state index contributed by atoms with van der Waals surface area (Å²) in [4.78, 5) is 6.69. The smallest absolute Gasteiger partial charge is 0.189 e. The summed E-state index contributed by atoms with van der Waals surface area (Å²) in [7, 11) is 0. The molecule has 0 radical (unpaired) electrons. The number of anilines is 3. The number of thioether (sulfide) groups is 1. The Kier molecular flexibility index (Phi) is 9.84. The molecule has 0 bridgehead atoms. The van der Waals surface area contributed by atoms with E-state index in [1.165, 1.54) is 4.90 Å². The monoisotopic (exact) mass is 439 g/mol. The third-order valence-corrected chi connectivity index (χ3v) is 6.10. The lowest BCUT2D eigenvalue weighted by Crippen LogP contribution is -1.92. The Morgan fingerprint density at radius 2 is 2.11 bits per heavy atom. The van der Waals surface area contributed by atoms with Gasteiger partial charge in [-0.05, 0) is 49.6 Å². The predicted octanol–water partition coefficient (Wildman–Crippen LogP) is 6.99. The van der Waals surface area contributed by atoms with Crippen LogP contribution in [-0.4, -0.2) is 16.6 Å². The molecule has 3 nitrogen and oxygen atoms in total. The number of alkyl halides is 1. The molecule has 0 unspecified atom stereocenters. The molecule has 0 amide bonds. The molecule has 0 aliphatic rings. The summed E-state index contributed by atoms with van der Waals surface area (Å²) >= 11 is 15.2. The lowest BCUT2D eigenvalue weighted by atomic mass is 10.2. The van der Waals surface area contributed by atoms with E-state index < -0.39 is 0 Å². The molecule has 144 valence electrons. The summed E-state index contributed by atoms with van der Waals surface area (Å²) in [5.41, 5.74) is 7.04. The first-order valence-electron chi connectivity index (χ1n) is 8.55. The molecule has 0 spiro atoms. The molecule has 2 aromatic rings. The number of thiazole rings is 1. The Morgan fingerprint density at radius 1 is 1.33 bits per heavy atom. The maximum absolute atomic E-state index is 6.20. The number of nitrogens with zero attached hydrogens (tertiary/aromatic N) is 1. The highest BCUT2D eigenvalue weighted by molar-refractivity contribution is 7.99. The number of aryl methyl sites for hydroxylation is 1. The van der Waals surface area contributed by atoms with Crippen molar-refractivity contribution in [2.45, 2.75) is 24.2 Å². The van der Waals surface area contributed by atoms with E-state index in [4.69, 9.17) is 28.9 Å². The zero-order valence-electron chi connectivity index (χ0n) is 15.0. The van der Waals surface area contributed by atoms with Crippen molar-refractivity contribution in [2.24, 2.45) is 0 Å². The van der Waals surface area contributed by atoms with Gasteiger partial charge < -0.3 is 11.1 Å². The van der Waals surface area contributed by atoms with E-state index >= 15 is 0 Å². The molecule has 0 aliphatic heterocycles. The quantitative estimate of drug-likeness (QED) is 0.130. The first kappa shape index (κ1) is 21.9. The second-order valence-electron chi connectivity index (χ2n) is 5.60. The molecule has 0 saturated carbocycles. The van der Waals surface area contributed by atoms with Gasteiger partial charge in [-0.3, -0.25) is 0 Å². The Hall–Kier alpha value is -1.40. The van der Waals surface area contributed by atoms with Crippen LogP contribution in [0.25, 0.3) is 0 Å². The molecule has 0 aliphatic carbocycles. The van der Waals surface area contributed by atoms with Crippen molar-refractivity contribution < 1.29 is 0 Å². The van der Waals surface area contributed by atoms with Crippen LogP contribution >= 0.6 is 46.3 Å². The lowest BCUT2D eigenvalue weighted by Gasteiger charge is -2.04. The second-order valence-corrected chi connectivity index (χ2v) is 8.64. The van der Waals surface area contributed by atoms with Crippen molar-refractivity contribution in [3.05, 3.63) is 65.1 Å². The summed E-state index contributed by atoms with van der Waals surface area (Å²) in [6.07, 6.45) is 9.98. The van der Waals surface area contributed by atoms with Crippen LogP contribution in [0.4, 0.5) is 16.6 Å². The van der Waals surface area contributed by atoms with Gasteiger partial charge in [0.05, 0.1) is 4.88 Å². The largest absolute Gasteiger partial charge is 0.383 e. The van der Waals surface area contributed by atoms with Crippen LogP contribution in [0.3, 0.4) is 0 Å². The molecule has 27 heavy (non-hydrogen) atoms. The van der Waals surface area contributed by atoms with Gasteiger partial charge in [0.15, 0.2) is 5.13 Å². The summed E-state index contributed by atoms with van der Waals surface area (Å²) in [6.45, 7) is 3.74. The number of nitrogens with one attached hydrogen (secondary N) is 1. The minimum Gasteiger partial charge on any atom is -0.383 e. The van der Waals surface area contributed by atoms with Crippen LogP contribution in [0.2, 0.25) is 0 Å². The predicted molar refractivity (Wildman–Crippen MR) is 124 cm³/mol. The minimum atomic E-state index is 0.478. The first-order valence-corrected chi connectivity index (χ1v) is 11.3. The second kappa shape index (κ2) is 12.1. The van der Waals surface area contributed by atoms with Gasteiger partial charge in [-0.1, -0.05) is 41.2 Å². The highest BCUT2D eigenvalue weighted by atomic mass is 35.5. The van der Waals surface area contributed by atoms with Crippen molar-refractivity contribution >= 4 is 62.9 Å². The normalized spacial score (nSPS) is 11.9. The Morgan fingerprint density at radius 3 is 2.81 bits per heavy atom. The molecule has 0 atom stereocenters. The van der Waals surface area contributed by atoms with Crippen molar-refractivity contribution in [3.63, 3.8) is 0 Å². The highest BCUT2D eigenvalue weighted by Crippen LogP contribution is 2.30. The molecule has 0 saturated heterocycles. The van der Waals surface area contributed by atoms with E-state index in [1.807, 2.05) is 36.1 Å². The maximum Gasteiger partial charge on any atom is 0.189 e. The third-order valence-electron chi connectivity index (χ3n) is 3.52. The lowest BCUT2D eigenvalue weighted by molar-refractivity contribution is 1.01. The maximum atomic E-state index is 6.20. The van der Waals surface area contributed by atoms with Gasteiger partial charge in [-0.2, -0.15) is 0 Å². The number of benzene rings is 1. The zero-order chi connectivity index (χ0) is 19.5. The van der Waals surface area contributed by atoms with Gasteiger partial charge in [-0.25, -0.2) is 4.98 Å². The van der Waals surface area contributed by atoms with Gasteiger partial charge in [-0.15, -0.1) is 29.9 Å². The number of hydrogen-bond donors (Lipinski definition) is 2. The van der Waals surface area contributed by atoms with Crippen LogP contribution in [0.15, 0.2) is 65.1 Å².